The first-order chi connectivity index (χ1) is 13.8. The Bertz CT molecular complexity index is 612. The van der Waals surface area contributed by atoms with Crippen molar-refractivity contribution in [1.82, 2.24) is 0 Å². The van der Waals surface area contributed by atoms with Crippen molar-refractivity contribution in [2.45, 2.75) is 104 Å². The zero-order chi connectivity index (χ0) is 20.8. The average Bonchev–Trinajstić information content (AvgIpc) is 3.05. The molecular formula is C27H46O2. The van der Waals surface area contributed by atoms with E-state index in [-0.39, 0.29) is 6.10 Å². The maximum atomic E-state index is 10.2. The Kier molecular flexibility index (Phi) is 6.26. The summed E-state index contributed by atoms with van der Waals surface area (Å²) >= 11 is 0. The third-order valence-corrected chi connectivity index (χ3v) is 10.5. The van der Waals surface area contributed by atoms with E-state index < -0.39 is 0 Å². The summed E-state index contributed by atoms with van der Waals surface area (Å²) in [4.78, 5) is 0. The lowest BCUT2D eigenvalue weighted by Crippen LogP contribution is -2.50. The molecule has 0 saturated heterocycles. The van der Waals surface area contributed by atoms with Gasteiger partial charge >= 0.3 is 0 Å². The first-order valence-corrected chi connectivity index (χ1v) is 12.8. The van der Waals surface area contributed by atoms with Crippen molar-refractivity contribution >= 4 is 0 Å². The van der Waals surface area contributed by atoms with Crippen molar-refractivity contribution in [1.29, 1.82) is 0 Å². The van der Waals surface area contributed by atoms with E-state index in [0.717, 1.165) is 42.4 Å². The fourth-order valence-electron chi connectivity index (χ4n) is 8.70. The maximum Gasteiger partial charge on any atom is 0.0577 e. The standard InChI is InChI=1S/C27H46O2/c1-18(17-28)6-5-7-19(2)23-10-11-24-22-9-8-20-16-21(29)12-14-26(20,3)25(22)13-15-27(23,24)4/h8,18-19,21-25,28-29H,5-7,9-17H2,1-4H3/t18?,19?,21-,22-,23+,24-,25-,26-,27+/m0/s1. The van der Waals surface area contributed by atoms with Gasteiger partial charge in [0.15, 0.2) is 0 Å². The highest BCUT2D eigenvalue weighted by atomic mass is 16.3. The van der Waals surface area contributed by atoms with Gasteiger partial charge in [0.25, 0.3) is 0 Å². The van der Waals surface area contributed by atoms with Crippen LogP contribution in [0.4, 0.5) is 0 Å². The van der Waals surface area contributed by atoms with Crippen LogP contribution < -0.4 is 0 Å². The molecule has 3 fully saturated rings. The summed E-state index contributed by atoms with van der Waals surface area (Å²) < 4.78 is 0. The number of aliphatic hydroxyl groups is 2. The molecule has 4 rings (SSSR count). The Morgan fingerprint density at radius 1 is 1.03 bits per heavy atom. The van der Waals surface area contributed by atoms with Crippen molar-refractivity contribution in [2.24, 2.45) is 46.3 Å². The highest BCUT2D eigenvalue weighted by Gasteiger charge is 2.59. The van der Waals surface area contributed by atoms with Gasteiger partial charge in [0.2, 0.25) is 0 Å². The molecule has 2 N–H and O–H groups in total. The molecule has 2 unspecified atom stereocenters. The van der Waals surface area contributed by atoms with Crippen molar-refractivity contribution in [2.75, 3.05) is 6.61 Å². The first kappa shape index (κ1) is 21.9. The molecule has 9 atom stereocenters. The van der Waals surface area contributed by atoms with Gasteiger partial charge in [0, 0.05) is 6.61 Å². The van der Waals surface area contributed by atoms with Crippen LogP contribution in [0.3, 0.4) is 0 Å². The Morgan fingerprint density at radius 3 is 2.59 bits per heavy atom. The van der Waals surface area contributed by atoms with Gasteiger partial charge in [-0.15, -0.1) is 0 Å². The molecule has 166 valence electrons. The van der Waals surface area contributed by atoms with Crippen LogP contribution >= 0.6 is 0 Å². The molecule has 4 aliphatic carbocycles. The molecule has 2 nitrogen and oxygen atoms in total. The summed E-state index contributed by atoms with van der Waals surface area (Å²) in [5.41, 5.74) is 2.51. The van der Waals surface area contributed by atoms with E-state index >= 15 is 0 Å². The second kappa shape index (κ2) is 8.30. The largest absolute Gasteiger partial charge is 0.396 e. The second-order valence-corrected chi connectivity index (χ2v) is 12.1. The average molecular weight is 403 g/mol. The lowest BCUT2D eigenvalue weighted by molar-refractivity contribution is -0.0573. The van der Waals surface area contributed by atoms with Crippen molar-refractivity contribution < 1.29 is 10.2 Å². The number of aliphatic hydroxyl groups excluding tert-OH is 2. The third kappa shape index (κ3) is 3.75. The van der Waals surface area contributed by atoms with Crippen LogP contribution in [-0.4, -0.2) is 22.9 Å². The Balaban J connectivity index is 1.46. The fourth-order valence-corrected chi connectivity index (χ4v) is 8.70. The van der Waals surface area contributed by atoms with Crippen LogP contribution in [0.2, 0.25) is 0 Å². The maximum absolute atomic E-state index is 10.2. The molecule has 3 saturated carbocycles. The Hall–Kier alpha value is -0.340. The molecule has 0 aliphatic heterocycles. The Labute approximate surface area is 179 Å². The highest BCUT2D eigenvalue weighted by Crippen LogP contribution is 2.67. The van der Waals surface area contributed by atoms with Crippen LogP contribution in [0, 0.1) is 46.3 Å². The molecule has 4 aliphatic rings. The predicted octanol–water partition coefficient (Wildman–Crippen LogP) is 6.36. The van der Waals surface area contributed by atoms with Crippen molar-refractivity contribution in [3.63, 3.8) is 0 Å². The van der Waals surface area contributed by atoms with Crippen molar-refractivity contribution in [3.8, 4) is 0 Å². The van der Waals surface area contributed by atoms with E-state index in [1.165, 1.54) is 57.8 Å². The van der Waals surface area contributed by atoms with Gasteiger partial charge in [-0.2, -0.15) is 0 Å². The number of fused-ring (bicyclic) bond motifs is 5. The van der Waals surface area contributed by atoms with Gasteiger partial charge in [-0.05, 0) is 104 Å². The number of hydrogen-bond donors (Lipinski definition) is 2. The molecule has 2 heteroatoms. The van der Waals surface area contributed by atoms with Gasteiger partial charge in [0.05, 0.1) is 6.10 Å². The summed E-state index contributed by atoms with van der Waals surface area (Å²) in [5.74, 6) is 4.82. The van der Waals surface area contributed by atoms with Gasteiger partial charge < -0.3 is 10.2 Å². The highest BCUT2D eigenvalue weighted by molar-refractivity contribution is 5.25. The van der Waals surface area contributed by atoms with Gasteiger partial charge in [-0.1, -0.05) is 52.2 Å². The molecule has 0 aromatic heterocycles. The second-order valence-electron chi connectivity index (χ2n) is 12.1. The monoisotopic (exact) mass is 402 g/mol. The van der Waals surface area contributed by atoms with Crippen LogP contribution in [0.5, 0.6) is 0 Å². The minimum absolute atomic E-state index is 0.0926. The minimum atomic E-state index is -0.0926. The molecule has 0 bridgehead atoms. The molecule has 0 aromatic carbocycles. The zero-order valence-electron chi connectivity index (χ0n) is 19.5. The SMILES string of the molecule is CC(CO)CCCC(C)[C@H]1CC[C@H]2[C@@H]3CC=C4C[C@@H](O)CC[C@]4(C)[C@H]3CC[C@]12C. The summed E-state index contributed by atoms with van der Waals surface area (Å²) in [6, 6.07) is 0. The topological polar surface area (TPSA) is 40.5 Å². The minimum Gasteiger partial charge on any atom is -0.396 e. The smallest absolute Gasteiger partial charge is 0.0577 e. The normalized spacial score (nSPS) is 46.3. The van der Waals surface area contributed by atoms with Crippen molar-refractivity contribution in [3.05, 3.63) is 11.6 Å². The van der Waals surface area contributed by atoms with Crippen LogP contribution in [0.1, 0.15) is 98.3 Å². The van der Waals surface area contributed by atoms with Crippen LogP contribution in [-0.2, 0) is 0 Å². The molecular weight excluding hydrogens is 356 g/mol. The summed E-state index contributed by atoms with van der Waals surface area (Å²) in [6.45, 7) is 10.2. The summed E-state index contributed by atoms with van der Waals surface area (Å²) in [5, 5.41) is 19.5. The lowest BCUT2D eigenvalue weighted by atomic mass is 9.47. The molecule has 0 radical (unpaired) electrons. The first-order valence-electron chi connectivity index (χ1n) is 12.8. The fraction of sp³-hybridized carbons (Fsp3) is 0.926. The zero-order valence-corrected chi connectivity index (χ0v) is 19.5. The summed E-state index contributed by atoms with van der Waals surface area (Å²) in [6.07, 6.45) is 16.4. The van der Waals surface area contributed by atoms with Crippen LogP contribution in [0.15, 0.2) is 11.6 Å². The molecule has 0 aromatic rings. The number of allylic oxidation sites excluding steroid dienone is 1. The molecule has 0 amide bonds. The van der Waals surface area contributed by atoms with E-state index in [1.807, 2.05) is 0 Å². The number of hydrogen-bond acceptors (Lipinski definition) is 2. The summed E-state index contributed by atoms with van der Waals surface area (Å²) in [7, 11) is 0. The van der Waals surface area contributed by atoms with E-state index in [4.69, 9.17) is 0 Å². The molecule has 0 spiro atoms. The van der Waals surface area contributed by atoms with Crippen LogP contribution in [0.25, 0.3) is 0 Å². The predicted molar refractivity (Wildman–Crippen MR) is 120 cm³/mol. The van der Waals surface area contributed by atoms with E-state index in [9.17, 15) is 10.2 Å². The third-order valence-electron chi connectivity index (χ3n) is 10.5. The van der Waals surface area contributed by atoms with Gasteiger partial charge in [-0.25, -0.2) is 0 Å². The van der Waals surface area contributed by atoms with E-state index in [0.29, 0.717) is 23.4 Å². The molecule has 0 heterocycles. The van der Waals surface area contributed by atoms with Gasteiger partial charge in [-0.3, -0.25) is 0 Å². The molecule has 29 heavy (non-hydrogen) atoms. The van der Waals surface area contributed by atoms with E-state index in [2.05, 4.69) is 33.8 Å². The quantitative estimate of drug-likeness (QED) is 0.507. The van der Waals surface area contributed by atoms with Gasteiger partial charge in [0.1, 0.15) is 0 Å². The Morgan fingerprint density at radius 2 is 1.83 bits per heavy atom. The lowest BCUT2D eigenvalue weighted by Gasteiger charge is -2.58. The van der Waals surface area contributed by atoms with E-state index in [1.54, 1.807) is 5.57 Å². The number of rotatable bonds is 6.